The van der Waals surface area contributed by atoms with Gasteiger partial charge in [0.1, 0.15) is 18.0 Å². The summed E-state index contributed by atoms with van der Waals surface area (Å²) in [5.74, 6) is 2.04. The van der Waals surface area contributed by atoms with Gasteiger partial charge in [0.05, 0.1) is 0 Å². The zero-order valence-corrected chi connectivity index (χ0v) is 11.6. The topological polar surface area (TPSA) is 44.3 Å². The normalized spacial score (nSPS) is 19.9. The lowest BCUT2D eigenvalue weighted by molar-refractivity contribution is 0.447. The molecule has 0 amide bonds. The Morgan fingerprint density at radius 3 is 3.06 bits per heavy atom. The minimum Gasteiger partial charge on any atom is -0.360 e. The first-order chi connectivity index (χ1) is 8.74. The molecule has 1 aliphatic heterocycles. The first-order valence-corrected chi connectivity index (χ1v) is 6.70. The summed E-state index contributed by atoms with van der Waals surface area (Å²) in [5, 5.41) is 3.36. The van der Waals surface area contributed by atoms with E-state index < -0.39 is 0 Å². The quantitative estimate of drug-likeness (QED) is 0.866. The standard InChI is InChI=1S/C13H23N5/c1-4-17(3)12-8-13(16-10-15-12)18-7-5-6-11(9-18)14-2/h8,10-11,14H,4-7,9H2,1-3H3. The van der Waals surface area contributed by atoms with Gasteiger partial charge < -0.3 is 15.1 Å². The Labute approximate surface area is 109 Å². The van der Waals surface area contributed by atoms with Gasteiger partial charge in [0.15, 0.2) is 0 Å². The van der Waals surface area contributed by atoms with Crippen molar-refractivity contribution in [3.8, 4) is 0 Å². The lowest BCUT2D eigenvalue weighted by atomic mass is 10.1. The summed E-state index contributed by atoms with van der Waals surface area (Å²) in [6.07, 6.45) is 4.13. The zero-order chi connectivity index (χ0) is 13.0. The van der Waals surface area contributed by atoms with Crippen LogP contribution in [0.2, 0.25) is 0 Å². The van der Waals surface area contributed by atoms with E-state index in [4.69, 9.17) is 0 Å². The molecule has 0 radical (unpaired) electrons. The van der Waals surface area contributed by atoms with Crippen molar-refractivity contribution in [1.82, 2.24) is 15.3 Å². The lowest BCUT2D eigenvalue weighted by Crippen LogP contribution is -2.44. The van der Waals surface area contributed by atoms with Crippen molar-refractivity contribution in [1.29, 1.82) is 0 Å². The van der Waals surface area contributed by atoms with Crippen molar-refractivity contribution in [2.45, 2.75) is 25.8 Å². The molecule has 0 saturated carbocycles. The minimum atomic E-state index is 0.570. The molecule has 1 atom stereocenters. The molecule has 0 spiro atoms. The number of hydrogen-bond donors (Lipinski definition) is 1. The Morgan fingerprint density at radius 1 is 1.50 bits per heavy atom. The summed E-state index contributed by atoms with van der Waals surface area (Å²) in [6.45, 7) is 5.20. The fourth-order valence-corrected chi connectivity index (χ4v) is 2.30. The predicted molar refractivity (Wildman–Crippen MR) is 75.3 cm³/mol. The first-order valence-electron chi connectivity index (χ1n) is 6.70. The highest BCUT2D eigenvalue weighted by Gasteiger charge is 2.20. The highest BCUT2D eigenvalue weighted by molar-refractivity contribution is 5.50. The van der Waals surface area contributed by atoms with Crippen LogP contribution in [0.1, 0.15) is 19.8 Å². The third-order valence-corrected chi connectivity index (χ3v) is 3.66. The average molecular weight is 249 g/mol. The van der Waals surface area contributed by atoms with Crippen LogP contribution in [-0.2, 0) is 0 Å². The van der Waals surface area contributed by atoms with Gasteiger partial charge in [0, 0.05) is 38.8 Å². The van der Waals surface area contributed by atoms with Crippen LogP contribution in [0.15, 0.2) is 12.4 Å². The van der Waals surface area contributed by atoms with Crippen LogP contribution >= 0.6 is 0 Å². The number of hydrogen-bond acceptors (Lipinski definition) is 5. The Balaban J connectivity index is 2.12. The number of nitrogens with zero attached hydrogens (tertiary/aromatic N) is 4. The largest absolute Gasteiger partial charge is 0.360 e. The second kappa shape index (κ2) is 6.00. The summed E-state index contributed by atoms with van der Waals surface area (Å²) in [5.41, 5.74) is 0. The van der Waals surface area contributed by atoms with E-state index in [9.17, 15) is 0 Å². The molecule has 1 aromatic rings. The van der Waals surface area contributed by atoms with Crippen LogP contribution in [0.3, 0.4) is 0 Å². The average Bonchev–Trinajstić information content (AvgIpc) is 2.46. The number of anilines is 2. The van der Waals surface area contributed by atoms with Gasteiger partial charge in [-0.3, -0.25) is 0 Å². The Kier molecular flexibility index (Phi) is 4.36. The molecule has 0 aromatic carbocycles. The second-order valence-corrected chi connectivity index (χ2v) is 4.82. The van der Waals surface area contributed by atoms with E-state index in [0.717, 1.165) is 31.3 Å². The SMILES string of the molecule is CCN(C)c1cc(N2CCCC(NC)C2)ncn1. The Morgan fingerprint density at radius 2 is 2.33 bits per heavy atom. The minimum absolute atomic E-state index is 0.570. The Bertz CT molecular complexity index is 381. The van der Waals surface area contributed by atoms with Crippen molar-refractivity contribution in [3.05, 3.63) is 12.4 Å². The third-order valence-electron chi connectivity index (χ3n) is 3.66. The van der Waals surface area contributed by atoms with Crippen LogP contribution in [0, 0.1) is 0 Å². The van der Waals surface area contributed by atoms with Gasteiger partial charge in [0.2, 0.25) is 0 Å². The van der Waals surface area contributed by atoms with E-state index in [0.29, 0.717) is 6.04 Å². The Hall–Kier alpha value is -1.36. The molecule has 100 valence electrons. The van der Waals surface area contributed by atoms with Gasteiger partial charge >= 0.3 is 0 Å². The van der Waals surface area contributed by atoms with Crippen molar-refractivity contribution >= 4 is 11.6 Å². The molecule has 1 aliphatic rings. The van der Waals surface area contributed by atoms with Gasteiger partial charge in [-0.15, -0.1) is 0 Å². The van der Waals surface area contributed by atoms with E-state index in [-0.39, 0.29) is 0 Å². The number of aromatic nitrogens is 2. The maximum atomic E-state index is 4.41. The molecule has 0 aliphatic carbocycles. The van der Waals surface area contributed by atoms with Gasteiger partial charge in [-0.1, -0.05) is 0 Å². The highest BCUT2D eigenvalue weighted by atomic mass is 15.2. The highest BCUT2D eigenvalue weighted by Crippen LogP contribution is 2.20. The first kappa shape index (κ1) is 13.1. The molecule has 18 heavy (non-hydrogen) atoms. The van der Waals surface area contributed by atoms with Crippen molar-refractivity contribution in [3.63, 3.8) is 0 Å². The number of nitrogens with one attached hydrogen (secondary N) is 1. The van der Waals surface area contributed by atoms with Crippen molar-refractivity contribution < 1.29 is 0 Å². The van der Waals surface area contributed by atoms with E-state index in [1.165, 1.54) is 12.8 Å². The summed E-state index contributed by atoms with van der Waals surface area (Å²) in [7, 11) is 4.09. The zero-order valence-electron chi connectivity index (χ0n) is 11.6. The smallest absolute Gasteiger partial charge is 0.134 e. The summed E-state index contributed by atoms with van der Waals surface area (Å²) < 4.78 is 0. The number of likely N-dealkylation sites (N-methyl/N-ethyl adjacent to an activating group) is 1. The molecule has 1 saturated heterocycles. The maximum Gasteiger partial charge on any atom is 0.134 e. The molecule has 2 heterocycles. The molecular weight excluding hydrogens is 226 g/mol. The fourth-order valence-electron chi connectivity index (χ4n) is 2.30. The van der Waals surface area contributed by atoms with E-state index in [1.54, 1.807) is 6.33 Å². The van der Waals surface area contributed by atoms with Gasteiger partial charge in [-0.05, 0) is 26.8 Å². The maximum absolute atomic E-state index is 4.41. The van der Waals surface area contributed by atoms with E-state index >= 15 is 0 Å². The molecule has 1 unspecified atom stereocenters. The van der Waals surface area contributed by atoms with Gasteiger partial charge in [0.25, 0.3) is 0 Å². The molecule has 1 aromatic heterocycles. The molecule has 0 bridgehead atoms. The molecule has 5 nitrogen and oxygen atoms in total. The molecule has 1 fully saturated rings. The van der Waals surface area contributed by atoms with Gasteiger partial charge in [-0.25, -0.2) is 9.97 Å². The molecule has 1 N–H and O–H groups in total. The molecule has 2 rings (SSSR count). The van der Waals surface area contributed by atoms with Crippen molar-refractivity contribution in [2.75, 3.05) is 43.5 Å². The van der Waals surface area contributed by atoms with E-state index in [2.05, 4.69) is 45.1 Å². The van der Waals surface area contributed by atoms with E-state index in [1.807, 2.05) is 7.05 Å². The second-order valence-electron chi connectivity index (χ2n) is 4.82. The monoisotopic (exact) mass is 249 g/mol. The summed E-state index contributed by atoms with van der Waals surface area (Å²) >= 11 is 0. The lowest BCUT2D eigenvalue weighted by Gasteiger charge is -2.33. The van der Waals surface area contributed by atoms with Crippen LogP contribution < -0.4 is 15.1 Å². The number of piperidine rings is 1. The van der Waals surface area contributed by atoms with Crippen molar-refractivity contribution in [2.24, 2.45) is 0 Å². The van der Waals surface area contributed by atoms with Gasteiger partial charge in [-0.2, -0.15) is 0 Å². The molecular formula is C13H23N5. The van der Waals surface area contributed by atoms with Crippen LogP contribution in [-0.4, -0.2) is 49.7 Å². The number of rotatable bonds is 4. The van der Waals surface area contributed by atoms with Crippen LogP contribution in [0.5, 0.6) is 0 Å². The summed E-state index contributed by atoms with van der Waals surface area (Å²) in [6, 6.07) is 2.66. The third kappa shape index (κ3) is 2.90. The molecule has 5 heteroatoms. The summed E-state index contributed by atoms with van der Waals surface area (Å²) in [4.78, 5) is 13.2. The van der Waals surface area contributed by atoms with Crippen LogP contribution in [0.25, 0.3) is 0 Å². The van der Waals surface area contributed by atoms with Crippen LogP contribution in [0.4, 0.5) is 11.6 Å². The predicted octanol–water partition coefficient (Wildman–Crippen LogP) is 1.12. The fraction of sp³-hybridized carbons (Fsp3) is 0.692.